The Kier molecular flexibility index (Phi) is 3.43. The maximum atomic E-state index is 15.6. The summed E-state index contributed by atoms with van der Waals surface area (Å²) in [5.41, 5.74) is 1.01. The van der Waals surface area contributed by atoms with E-state index in [0.29, 0.717) is 23.4 Å². The van der Waals surface area contributed by atoms with Gasteiger partial charge in [0, 0.05) is 34.7 Å². The Morgan fingerprint density at radius 3 is 2.84 bits per heavy atom. The molecule has 2 aromatic heterocycles. The zero-order valence-electron chi connectivity index (χ0n) is 22.1. The van der Waals surface area contributed by atoms with Crippen molar-refractivity contribution < 1.29 is 16.4 Å². The van der Waals surface area contributed by atoms with Gasteiger partial charge in [-0.1, -0.05) is 6.07 Å². The van der Waals surface area contributed by atoms with Gasteiger partial charge in [0.05, 0.1) is 20.7 Å². The number of anilines is 1. The zero-order chi connectivity index (χ0) is 26.3. The van der Waals surface area contributed by atoms with Gasteiger partial charge in [-0.15, -0.1) is 20.4 Å². The van der Waals surface area contributed by atoms with Crippen LogP contribution in [0.3, 0.4) is 0 Å². The van der Waals surface area contributed by atoms with Gasteiger partial charge in [-0.2, -0.15) is 4.80 Å². The average molecular weight is 443 g/mol. The van der Waals surface area contributed by atoms with E-state index < -0.39 is 37.0 Å². The lowest BCUT2D eigenvalue weighted by Crippen LogP contribution is -2.57. The maximum absolute atomic E-state index is 15.6. The molecule has 1 aliphatic carbocycles. The number of hydrogen-bond donors (Lipinski definition) is 2. The summed E-state index contributed by atoms with van der Waals surface area (Å²) in [6.07, 6.45) is -3.72. The fourth-order valence-electron chi connectivity index (χ4n) is 4.58. The van der Waals surface area contributed by atoms with E-state index in [0.717, 1.165) is 11.3 Å². The summed E-state index contributed by atoms with van der Waals surface area (Å²) in [6.45, 7) is 0. The number of aromatic hydroxyl groups is 1. The summed E-state index contributed by atoms with van der Waals surface area (Å²) in [6, 6.07) is 0.784. The van der Waals surface area contributed by atoms with Crippen LogP contribution in [0.15, 0.2) is 24.4 Å². The lowest BCUT2D eigenvalue weighted by Gasteiger charge is -2.40. The highest BCUT2D eigenvalue weighted by molar-refractivity contribution is 5.71. The molecule has 166 valence electrons. The van der Waals surface area contributed by atoms with E-state index >= 15 is 4.39 Å². The van der Waals surface area contributed by atoms with Gasteiger partial charge in [-0.05, 0) is 49.4 Å². The van der Waals surface area contributed by atoms with E-state index in [4.69, 9.17) is 6.85 Å². The predicted octanol–water partition coefficient (Wildman–Crippen LogP) is 1.63. The lowest BCUT2D eigenvalue weighted by molar-refractivity contribution is 0.171. The fraction of sp³-hybridized carbons (Fsp3) is 0.524. The van der Waals surface area contributed by atoms with E-state index in [1.165, 1.54) is 17.1 Å². The monoisotopic (exact) mass is 442 g/mol. The van der Waals surface area contributed by atoms with Crippen molar-refractivity contribution in [1.29, 1.82) is 0 Å². The number of nitrogens with one attached hydrogen (secondary N) is 1. The molecule has 0 amide bonds. The third-order valence-electron chi connectivity index (χ3n) is 6.17. The number of fused-ring (bicyclic) bond motifs is 2. The van der Waals surface area contributed by atoms with Crippen LogP contribution < -0.4 is 10.2 Å². The summed E-state index contributed by atoms with van der Waals surface area (Å²) >= 11 is 0. The number of alkyl halides is 1. The van der Waals surface area contributed by atoms with Crippen LogP contribution >= 0.6 is 0 Å². The van der Waals surface area contributed by atoms with Crippen LogP contribution in [0.1, 0.15) is 38.9 Å². The summed E-state index contributed by atoms with van der Waals surface area (Å²) in [5, 5.41) is 33.8. The smallest absolute Gasteiger partial charge is 0.245 e. The second kappa shape index (κ2) is 7.44. The molecule has 2 saturated heterocycles. The average Bonchev–Trinajstić information content (AvgIpc) is 3.35. The number of phenols is 1. The predicted molar refractivity (Wildman–Crippen MR) is 113 cm³/mol. The van der Waals surface area contributed by atoms with E-state index in [1.807, 2.05) is 0 Å². The molecule has 3 aromatic rings. The van der Waals surface area contributed by atoms with Crippen molar-refractivity contribution in [1.82, 2.24) is 40.7 Å². The number of aromatic nitrogens is 7. The van der Waals surface area contributed by atoms with Gasteiger partial charge in [0.15, 0.2) is 0 Å². The molecule has 4 heterocycles. The second-order valence-corrected chi connectivity index (χ2v) is 8.24. The number of hydrogen-bond acceptors (Lipinski definition) is 9. The first-order chi connectivity index (χ1) is 17.5. The first kappa shape index (κ1) is 14.8. The number of benzene rings is 1. The Morgan fingerprint density at radius 2 is 2.16 bits per heavy atom. The van der Waals surface area contributed by atoms with Crippen molar-refractivity contribution in [3.05, 3.63) is 24.4 Å². The third-order valence-corrected chi connectivity index (χ3v) is 6.17. The van der Waals surface area contributed by atoms with Crippen LogP contribution in [0.2, 0.25) is 0 Å². The number of piperidine rings is 1. The molecule has 2 bridgehead atoms. The third kappa shape index (κ3) is 3.36. The number of halogens is 1. The maximum Gasteiger partial charge on any atom is 0.245 e. The number of nitrogens with zero attached hydrogens (tertiary/aromatic N) is 8. The van der Waals surface area contributed by atoms with Crippen LogP contribution in [0.5, 0.6) is 5.75 Å². The summed E-state index contributed by atoms with van der Waals surface area (Å²) in [5.74, 6) is -0.0564. The molecule has 0 radical (unpaired) electrons. The highest BCUT2D eigenvalue weighted by atomic mass is 19.1. The summed E-state index contributed by atoms with van der Waals surface area (Å²) in [7, 11) is 1.62. The fourth-order valence-corrected chi connectivity index (χ4v) is 4.58. The first-order valence-electron chi connectivity index (χ1n) is 12.9. The van der Waals surface area contributed by atoms with E-state index in [2.05, 4.69) is 35.9 Å². The molecule has 10 nitrogen and oxygen atoms in total. The molecule has 1 saturated carbocycles. The van der Waals surface area contributed by atoms with Crippen molar-refractivity contribution in [3.8, 4) is 28.4 Å². The van der Waals surface area contributed by atoms with Crippen LogP contribution in [0, 0.1) is 0 Å². The van der Waals surface area contributed by atoms with Crippen molar-refractivity contribution in [2.45, 2.75) is 62.3 Å². The SMILES string of the molecule is [2H]C1([2H])C([2H])([2H])C1([2H])N(c1ncc(-c2ccc(-c3nnn(C)n3)cc2O)nn1)[C@H]1C[C@@H]2CC[C@H](N2)[C@H]1F. The first-order valence-corrected chi connectivity index (χ1v) is 10.4. The minimum absolute atomic E-state index is 0.0185. The largest absolute Gasteiger partial charge is 0.507 e. The number of aryl methyl sites for hydroxylation is 1. The van der Waals surface area contributed by atoms with Crippen LogP contribution in [-0.2, 0) is 7.05 Å². The number of phenolic OH excluding ortho intramolecular Hbond substituents is 1. The Labute approximate surface area is 190 Å². The topological polar surface area (TPSA) is 118 Å². The van der Waals surface area contributed by atoms with E-state index in [9.17, 15) is 5.11 Å². The van der Waals surface area contributed by atoms with Gasteiger partial charge in [0.2, 0.25) is 11.8 Å². The molecule has 4 atom stereocenters. The molecule has 1 aromatic carbocycles. The van der Waals surface area contributed by atoms with E-state index in [1.54, 1.807) is 19.2 Å². The summed E-state index contributed by atoms with van der Waals surface area (Å²) in [4.78, 5) is 6.60. The normalized spacial score (nSPS) is 33.4. The van der Waals surface area contributed by atoms with Gasteiger partial charge < -0.3 is 15.3 Å². The number of tetrazole rings is 1. The highest BCUT2D eigenvalue weighted by Gasteiger charge is 2.48. The Morgan fingerprint density at radius 1 is 1.28 bits per heavy atom. The Bertz CT molecular complexity index is 1340. The molecule has 0 unspecified atom stereocenters. The van der Waals surface area contributed by atoms with Crippen LogP contribution in [0.4, 0.5) is 10.3 Å². The Balaban J connectivity index is 1.35. The molecule has 3 fully saturated rings. The molecule has 2 aliphatic heterocycles. The van der Waals surface area contributed by atoms with Crippen molar-refractivity contribution >= 4 is 5.95 Å². The minimum atomic E-state index is -2.58. The molecule has 2 N–H and O–H groups in total. The van der Waals surface area contributed by atoms with Crippen molar-refractivity contribution in [2.75, 3.05) is 4.90 Å². The van der Waals surface area contributed by atoms with Crippen molar-refractivity contribution in [2.24, 2.45) is 7.05 Å². The lowest BCUT2D eigenvalue weighted by atomic mass is 9.96. The molecule has 11 heteroatoms. The van der Waals surface area contributed by atoms with Gasteiger partial charge in [-0.25, -0.2) is 9.37 Å². The molecule has 6 rings (SSSR count). The molecular weight excluding hydrogens is 413 g/mol. The highest BCUT2D eigenvalue weighted by Crippen LogP contribution is 2.39. The second-order valence-electron chi connectivity index (χ2n) is 8.24. The molecule has 0 spiro atoms. The van der Waals surface area contributed by atoms with Crippen LogP contribution in [-0.4, -0.2) is 70.8 Å². The van der Waals surface area contributed by atoms with Gasteiger partial charge in [0.1, 0.15) is 17.6 Å². The minimum Gasteiger partial charge on any atom is -0.507 e. The van der Waals surface area contributed by atoms with Gasteiger partial charge in [0.25, 0.3) is 0 Å². The summed E-state index contributed by atoms with van der Waals surface area (Å²) < 4.78 is 57.1. The molecular formula is C21H24FN9O. The van der Waals surface area contributed by atoms with Gasteiger partial charge in [-0.3, -0.25) is 0 Å². The number of rotatable bonds is 5. The van der Waals surface area contributed by atoms with Crippen LogP contribution in [0.25, 0.3) is 22.6 Å². The molecule has 3 aliphatic rings. The van der Waals surface area contributed by atoms with E-state index in [-0.39, 0.29) is 29.9 Å². The standard InChI is InChI=1S/C21H24FN9O/c1-30-28-20(26-29-30)11-2-6-14(18(32)8-11)16-10-23-21(27-25-16)31(13-4-5-13)17-9-12-3-7-15(24-12)19(17)22/h2,6,8,10,12-13,15,17,19,24,32H,3-5,7,9H2,1H3/t12-,15-,17-,19+/m0/s1/i4D2,5D2,13D. The molecule has 32 heavy (non-hydrogen) atoms. The zero-order valence-corrected chi connectivity index (χ0v) is 17.1. The Hall–Kier alpha value is -3.21. The van der Waals surface area contributed by atoms with Gasteiger partial charge >= 0.3 is 0 Å². The quantitative estimate of drug-likeness (QED) is 0.608. The van der Waals surface area contributed by atoms with Crippen molar-refractivity contribution in [3.63, 3.8) is 0 Å².